The lowest BCUT2D eigenvalue weighted by atomic mass is 9.83. The molecule has 6 heteroatoms. The van der Waals surface area contributed by atoms with E-state index >= 15 is 0 Å². The minimum atomic E-state index is -0.488. The minimum Gasteiger partial charge on any atom is -0.382 e. The zero-order valence-electron chi connectivity index (χ0n) is 18.0. The number of hydrogen-bond donors (Lipinski definition) is 3. The van der Waals surface area contributed by atoms with Crippen molar-refractivity contribution in [3.63, 3.8) is 0 Å². The summed E-state index contributed by atoms with van der Waals surface area (Å²) in [6.07, 6.45) is 3.42. The average Bonchev–Trinajstić information content (AvgIpc) is 2.78. The lowest BCUT2D eigenvalue weighted by Crippen LogP contribution is -2.49. The fraction of sp³-hybridized carbons (Fsp3) is 0.400. The number of anilines is 1. The summed E-state index contributed by atoms with van der Waals surface area (Å²) in [5.74, 6) is -0.211. The van der Waals surface area contributed by atoms with Crippen molar-refractivity contribution in [3.8, 4) is 0 Å². The summed E-state index contributed by atoms with van der Waals surface area (Å²) in [4.78, 5) is 38.3. The predicted molar refractivity (Wildman–Crippen MR) is 120 cm³/mol. The standard InChI is InChI=1S/C25H29N3O3/c1-14(2)22(26)25(31)28-16-12-10-15(11-13-16)27-20-9-5-8-19-21(20)24(30)18-7-4-3-6-17(18)23(19)29/h3-9,14-16,22,27H,10-13,26H2,1-2H3,(H,28,31)/t15?,16?,22-/m1/s1. The molecular weight excluding hydrogens is 390 g/mol. The second-order valence-electron chi connectivity index (χ2n) is 8.90. The molecule has 0 aliphatic heterocycles. The number of nitrogens with two attached hydrogens (primary N) is 1. The Kier molecular flexibility index (Phi) is 5.92. The Morgan fingerprint density at radius 1 is 0.871 bits per heavy atom. The van der Waals surface area contributed by atoms with Gasteiger partial charge in [0.1, 0.15) is 0 Å². The average molecular weight is 420 g/mol. The Balaban J connectivity index is 1.45. The molecule has 0 aromatic heterocycles. The number of amides is 1. The van der Waals surface area contributed by atoms with E-state index in [1.165, 1.54) is 0 Å². The Hall–Kier alpha value is -2.99. The number of ketones is 2. The van der Waals surface area contributed by atoms with Crippen molar-refractivity contribution in [2.24, 2.45) is 11.7 Å². The molecule has 6 nitrogen and oxygen atoms in total. The molecule has 2 aromatic carbocycles. The van der Waals surface area contributed by atoms with Gasteiger partial charge in [0.25, 0.3) is 0 Å². The minimum absolute atomic E-state index is 0.0914. The van der Waals surface area contributed by atoms with Crippen LogP contribution in [0, 0.1) is 5.92 Å². The van der Waals surface area contributed by atoms with Gasteiger partial charge < -0.3 is 16.4 Å². The quantitative estimate of drug-likeness (QED) is 0.589. The number of carbonyl (C=O) groups excluding carboxylic acids is 3. The molecule has 4 N–H and O–H groups in total. The summed E-state index contributed by atoms with van der Waals surface area (Å²) >= 11 is 0. The van der Waals surface area contributed by atoms with Crippen LogP contribution in [0.4, 0.5) is 5.69 Å². The van der Waals surface area contributed by atoms with Gasteiger partial charge >= 0.3 is 0 Å². The molecule has 2 aromatic rings. The lowest BCUT2D eigenvalue weighted by molar-refractivity contribution is -0.124. The van der Waals surface area contributed by atoms with E-state index in [4.69, 9.17) is 5.73 Å². The molecule has 0 saturated heterocycles. The molecule has 162 valence electrons. The smallest absolute Gasteiger partial charge is 0.237 e. The van der Waals surface area contributed by atoms with E-state index in [-0.39, 0.29) is 35.5 Å². The van der Waals surface area contributed by atoms with Gasteiger partial charge in [-0.2, -0.15) is 0 Å². The summed E-state index contributed by atoms with van der Waals surface area (Å²) < 4.78 is 0. The first-order valence-electron chi connectivity index (χ1n) is 11.0. The van der Waals surface area contributed by atoms with Gasteiger partial charge in [0.15, 0.2) is 11.6 Å². The summed E-state index contributed by atoms with van der Waals surface area (Å²) in [7, 11) is 0. The van der Waals surface area contributed by atoms with Crippen LogP contribution in [0.25, 0.3) is 0 Å². The van der Waals surface area contributed by atoms with Gasteiger partial charge in [-0.05, 0) is 37.7 Å². The van der Waals surface area contributed by atoms with E-state index in [9.17, 15) is 14.4 Å². The third-order valence-corrected chi connectivity index (χ3v) is 6.41. The summed E-state index contributed by atoms with van der Waals surface area (Å²) in [6, 6.07) is 12.2. The topological polar surface area (TPSA) is 101 Å². The molecule has 0 unspecified atom stereocenters. The first-order chi connectivity index (χ1) is 14.9. The number of carbonyl (C=O) groups is 3. The molecule has 2 aliphatic rings. The van der Waals surface area contributed by atoms with Crippen molar-refractivity contribution in [2.75, 3.05) is 5.32 Å². The number of fused-ring (bicyclic) bond motifs is 2. The fourth-order valence-corrected chi connectivity index (χ4v) is 4.47. The second kappa shape index (κ2) is 8.63. The molecule has 0 radical (unpaired) electrons. The molecule has 1 fully saturated rings. The van der Waals surface area contributed by atoms with Crippen LogP contribution in [0.2, 0.25) is 0 Å². The van der Waals surface area contributed by atoms with Crippen LogP contribution in [0.1, 0.15) is 71.4 Å². The summed E-state index contributed by atoms with van der Waals surface area (Å²) in [5, 5.41) is 6.56. The van der Waals surface area contributed by atoms with Gasteiger partial charge in [-0.25, -0.2) is 0 Å². The van der Waals surface area contributed by atoms with E-state index in [2.05, 4.69) is 10.6 Å². The highest BCUT2D eigenvalue weighted by Crippen LogP contribution is 2.33. The fourth-order valence-electron chi connectivity index (χ4n) is 4.47. The normalized spacial score (nSPS) is 21.3. The molecule has 1 saturated carbocycles. The largest absolute Gasteiger partial charge is 0.382 e. The molecule has 1 atom stereocenters. The first-order valence-corrected chi connectivity index (χ1v) is 11.0. The SMILES string of the molecule is CC(C)[C@@H](N)C(=O)NC1CCC(Nc2cccc3c2C(=O)c2ccccc2C3=O)CC1. The van der Waals surface area contributed by atoms with Gasteiger partial charge in [0, 0.05) is 34.5 Å². The molecular formula is C25H29N3O3. The van der Waals surface area contributed by atoms with Crippen LogP contribution in [0.3, 0.4) is 0 Å². The zero-order chi connectivity index (χ0) is 22.1. The predicted octanol–water partition coefficient (Wildman–Crippen LogP) is 3.28. The maximum atomic E-state index is 13.2. The van der Waals surface area contributed by atoms with Crippen molar-refractivity contribution in [1.82, 2.24) is 5.32 Å². The number of benzene rings is 2. The van der Waals surface area contributed by atoms with Crippen molar-refractivity contribution < 1.29 is 14.4 Å². The highest BCUT2D eigenvalue weighted by molar-refractivity contribution is 6.30. The second-order valence-corrected chi connectivity index (χ2v) is 8.90. The molecule has 1 amide bonds. The van der Waals surface area contributed by atoms with E-state index in [0.29, 0.717) is 27.9 Å². The molecule has 2 aliphatic carbocycles. The van der Waals surface area contributed by atoms with Gasteiger partial charge in [-0.3, -0.25) is 14.4 Å². The van der Waals surface area contributed by atoms with Crippen LogP contribution in [-0.2, 0) is 4.79 Å². The van der Waals surface area contributed by atoms with Gasteiger partial charge in [-0.1, -0.05) is 50.2 Å². The van der Waals surface area contributed by atoms with Gasteiger partial charge in [-0.15, -0.1) is 0 Å². The Labute approximate surface area is 182 Å². The maximum Gasteiger partial charge on any atom is 0.237 e. The van der Waals surface area contributed by atoms with Crippen LogP contribution >= 0.6 is 0 Å². The van der Waals surface area contributed by atoms with E-state index in [1.54, 1.807) is 30.3 Å². The molecule has 4 rings (SSSR count). The van der Waals surface area contributed by atoms with Crippen molar-refractivity contribution in [3.05, 3.63) is 64.7 Å². The summed E-state index contributed by atoms with van der Waals surface area (Å²) in [5.41, 5.74) is 8.50. The number of rotatable bonds is 5. The van der Waals surface area contributed by atoms with E-state index < -0.39 is 6.04 Å². The molecule has 0 spiro atoms. The van der Waals surface area contributed by atoms with Crippen molar-refractivity contribution in [2.45, 2.75) is 57.7 Å². The van der Waals surface area contributed by atoms with Crippen LogP contribution in [0.15, 0.2) is 42.5 Å². The molecule has 31 heavy (non-hydrogen) atoms. The lowest BCUT2D eigenvalue weighted by Gasteiger charge is -2.32. The first kappa shape index (κ1) is 21.2. The molecule has 0 bridgehead atoms. The summed E-state index contributed by atoms with van der Waals surface area (Å²) in [6.45, 7) is 3.88. The monoisotopic (exact) mass is 419 g/mol. The third kappa shape index (κ3) is 4.12. The Bertz CT molecular complexity index is 1020. The van der Waals surface area contributed by atoms with Crippen LogP contribution in [-0.4, -0.2) is 35.6 Å². The highest BCUT2D eigenvalue weighted by atomic mass is 16.2. The van der Waals surface area contributed by atoms with Crippen molar-refractivity contribution >= 4 is 23.2 Å². The zero-order valence-corrected chi connectivity index (χ0v) is 18.0. The van der Waals surface area contributed by atoms with E-state index in [0.717, 1.165) is 25.7 Å². The number of hydrogen-bond acceptors (Lipinski definition) is 5. The Morgan fingerprint density at radius 3 is 2.10 bits per heavy atom. The Morgan fingerprint density at radius 2 is 1.45 bits per heavy atom. The maximum absolute atomic E-state index is 13.2. The van der Waals surface area contributed by atoms with Crippen molar-refractivity contribution in [1.29, 1.82) is 0 Å². The molecule has 0 heterocycles. The van der Waals surface area contributed by atoms with Crippen LogP contribution < -0.4 is 16.4 Å². The number of nitrogens with one attached hydrogen (secondary N) is 2. The van der Waals surface area contributed by atoms with Gasteiger partial charge in [0.2, 0.25) is 5.91 Å². The highest BCUT2D eigenvalue weighted by Gasteiger charge is 2.32. The van der Waals surface area contributed by atoms with Gasteiger partial charge in [0.05, 0.1) is 11.6 Å². The third-order valence-electron chi connectivity index (χ3n) is 6.41. The van der Waals surface area contributed by atoms with Crippen LogP contribution in [0.5, 0.6) is 0 Å². The van der Waals surface area contributed by atoms with E-state index in [1.807, 2.05) is 26.0 Å².